The van der Waals surface area contributed by atoms with Gasteiger partial charge < -0.3 is 10.2 Å². The van der Waals surface area contributed by atoms with Gasteiger partial charge >= 0.3 is 5.97 Å². The average molecular weight is 384 g/mol. The van der Waals surface area contributed by atoms with Gasteiger partial charge in [0.2, 0.25) is 0 Å². The Hall–Kier alpha value is -4.19. The van der Waals surface area contributed by atoms with Crippen molar-refractivity contribution in [1.29, 1.82) is 0 Å². The Morgan fingerprint density at radius 2 is 1.69 bits per heavy atom. The predicted molar refractivity (Wildman–Crippen MR) is 111 cm³/mol. The lowest BCUT2D eigenvalue weighted by atomic mass is 10.1. The van der Waals surface area contributed by atoms with Crippen LogP contribution in [0.2, 0.25) is 0 Å². The molecule has 4 aromatic rings. The highest BCUT2D eigenvalue weighted by Gasteiger charge is 2.12. The van der Waals surface area contributed by atoms with Crippen LogP contribution in [-0.2, 0) is 0 Å². The van der Waals surface area contributed by atoms with Gasteiger partial charge in [0.05, 0.1) is 22.2 Å². The number of fused-ring (bicyclic) bond motifs is 1. The molecule has 2 N–H and O–H groups in total. The van der Waals surface area contributed by atoms with Gasteiger partial charge in [0.15, 0.2) is 0 Å². The number of phenols is 1. The minimum Gasteiger partial charge on any atom is -0.508 e. The van der Waals surface area contributed by atoms with E-state index in [1.165, 1.54) is 16.7 Å². The molecule has 0 bridgehead atoms. The highest BCUT2D eigenvalue weighted by Crippen LogP contribution is 2.17. The summed E-state index contributed by atoms with van der Waals surface area (Å²) < 4.78 is 1.44. The normalized spacial score (nSPS) is 11.2. The number of aromatic hydroxyl groups is 1. The summed E-state index contributed by atoms with van der Waals surface area (Å²) in [6.07, 6.45) is 3.44. The van der Waals surface area contributed by atoms with Crippen LogP contribution in [0.15, 0.2) is 77.6 Å². The average Bonchev–Trinajstić information content (AvgIpc) is 2.72. The summed E-state index contributed by atoms with van der Waals surface area (Å²) in [6, 6.07) is 19.8. The Balaban J connectivity index is 1.91. The zero-order valence-electron chi connectivity index (χ0n) is 15.2. The van der Waals surface area contributed by atoms with Crippen molar-refractivity contribution in [3.8, 4) is 11.4 Å². The molecule has 0 aliphatic heterocycles. The van der Waals surface area contributed by atoms with Gasteiger partial charge in [0.1, 0.15) is 11.6 Å². The zero-order valence-corrected chi connectivity index (χ0v) is 15.2. The predicted octanol–water partition coefficient (Wildman–Crippen LogP) is 3.96. The standard InChI is InChI=1S/C23H16N2O4/c26-18-5-3-4-15(14-18)8-13-21-24-20-7-2-1-6-19(20)22(27)25(21)17-11-9-16(10-12-17)23(28)29/h1-14,26H,(H,28,29)/b13-8+. The Labute approximate surface area is 165 Å². The number of carboxylic acids is 1. The highest BCUT2D eigenvalue weighted by molar-refractivity contribution is 5.88. The number of hydrogen-bond donors (Lipinski definition) is 2. The minimum absolute atomic E-state index is 0.132. The molecule has 0 saturated carbocycles. The molecule has 0 aliphatic rings. The Bertz CT molecular complexity index is 1300. The summed E-state index contributed by atoms with van der Waals surface area (Å²) in [5.41, 5.74) is 1.70. The summed E-state index contributed by atoms with van der Waals surface area (Å²) in [5.74, 6) is -0.509. The first-order chi connectivity index (χ1) is 14.0. The molecule has 29 heavy (non-hydrogen) atoms. The number of para-hydroxylation sites is 1. The van der Waals surface area contributed by atoms with E-state index in [9.17, 15) is 14.7 Å². The lowest BCUT2D eigenvalue weighted by Gasteiger charge is -2.11. The summed E-state index contributed by atoms with van der Waals surface area (Å²) in [5, 5.41) is 19.2. The topological polar surface area (TPSA) is 92.4 Å². The fourth-order valence-electron chi connectivity index (χ4n) is 3.06. The monoisotopic (exact) mass is 384 g/mol. The molecule has 3 aromatic carbocycles. The quantitative estimate of drug-likeness (QED) is 0.556. The molecule has 142 valence electrons. The Morgan fingerprint density at radius 1 is 0.931 bits per heavy atom. The van der Waals surface area contributed by atoms with Gasteiger partial charge in [-0.3, -0.25) is 9.36 Å². The van der Waals surface area contributed by atoms with Crippen molar-refractivity contribution >= 4 is 29.0 Å². The number of nitrogens with zero attached hydrogens (tertiary/aromatic N) is 2. The van der Waals surface area contributed by atoms with E-state index in [0.717, 1.165) is 5.56 Å². The van der Waals surface area contributed by atoms with Crippen molar-refractivity contribution in [1.82, 2.24) is 9.55 Å². The van der Waals surface area contributed by atoms with E-state index in [0.29, 0.717) is 22.4 Å². The molecular formula is C23H16N2O4. The third kappa shape index (κ3) is 3.64. The van der Waals surface area contributed by atoms with E-state index < -0.39 is 5.97 Å². The van der Waals surface area contributed by atoms with E-state index in [-0.39, 0.29) is 16.9 Å². The Morgan fingerprint density at radius 3 is 2.41 bits per heavy atom. The van der Waals surface area contributed by atoms with Gasteiger partial charge in [-0.25, -0.2) is 9.78 Å². The van der Waals surface area contributed by atoms with E-state index >= 15 is 0 Å². The van der Waals surface area contributed by atoms with Gasteiger partial charge in [-0.2, -0.15) is 0 Å². The molecule has 0 amide bonds. The fraction of sp³-hybridized carbons (Fsp3) is 0. The SMILES string of the molecule is O=C(O)c1ccc(-n2c(/C=C/c3cccc(O)c3)nc3ccccc3c2=O)cc1. The molecule has 1 aromatic heterocycles. The maximum absolute atomic E-state index is 13.2. The molecule has 0 aliphatic carbocycles. The summed E-state index contributed by atoms with van der Waals surface area (Å²) in [7, 11) is 0. The molecule has 1 heterocycles. The molecule has 0 radical (unpaired) electrons. The smallest absolute Gasteiger partial charge is 0.335 e. The minimum atomic E-state index is -1.04. The first-order valence-electron chi connectivity index (χ1n) is 8.85. The second kappa shape index (κ2) is 7.44. The van der Waals surface area contributed by atoms with Crippen LogP contribution in [0, 0.1) is 0 Å². The van der Waals surface area contributed by atoms with Crippen LogP contribution >= 0.6 is 0 Å². The molecule has 0 saturated heterocycles. The second-order valence-corrected chi connectivity index (χ2v) is 6.41. The number of carbonyl (C=O) groups is 1. The fourth-order valence-corrected chi connectivity index (χ4v) is 3.06. The van der Waals surface area contributed by atoms with Gasteiger partial charge in [0.25, 0.3) is 5.56 Å². The summed E-state index contributed by atoms with van der Waals surface area (Å²) in [4.78, 5) is 28.9. The Kier molecular flexibility index (Phi) is 4.66. The van der Waals surface area contributed by atoms with E-state index in [2.05, 4.69) is 4.98 Å². The van der Waals surface area contributed by atoms with Crippen LogP contribution in [0.1, 0.15) is 21.7 Å². The maximum Gasteiger partial charge on any atom is 0.335 e. The molecular weight excluding hydrogens is 368 g/mol. The first kappa shape index (κ1) is 18.2. The van der Waals surface area contributed by atoms with Crippen molar-refractivity contribution in [3.05, 3.63) is 100 Å². The van der Waals surface area contributed by atoms with Gasteiger partial charge in [-0.05, 0) is 60.2 Å². The molecule has 6 heteroatoms. The summed E-state index contributed by atoms with van der Waals surface area (Å²) in [6.45, 7) is 0. The van der Waals surface area contributed by atoms with Crippen LogP contribution < -0.4 is 5.56 Å². The molecule has 0 atom stereocenters. The van der Waals surface area contributed by atoms with Crippen molar-refractivity contribution < 1.29 is 15.0 Å². The van der Waals surface area contributed by atoms with E-state index in [4.69, 9.17) is 5.11 Å². The van der Waals surface area contributed by atoms with Crippen LogP contribution in [-0.4, -0.2) is 25.7 Å². The van der Waals surface area contributed by atoms with Gasteiger partial charge in [0, 0.05) is 0 Å². The van der Waals surface area contributed by atoms with E-state index in [1.54, 1.807) is 60.7 Å². The lowest BCUT2D eigenvalue weighted by Crippen LogP contribution is -2.22. The van der Waals surface area contributed by atoms with Crippen molar-refractivity contribution in [2.45, 2.75) is 0 Å². The summed E-state index contributed by atoms with van der Waals surface area (Å²) >= 11 is 0. The zero-order chi connectivity index (χ0) is 20.4. The van der Waals surface area contributed by atoms with Crippen LogP contribution in [0.3, 0.4) is 0 Å². The number of carboxylic acid groups (broad SMARTS) is 1. The number of phenolic OH excluding ortho intramolecular Hbond substituents is 1. The lowest BCUT2D eigenvalue weighted by molar-refractivity contribution is 0.0697. The van der Waals surface area contributed by atoms with Crippen molar-refractivity contribution in [2.75, 3.05) is 0 Å². The number of hydrogen-bond acceptors (Lipinski definition) is 4. The third-order valence-corrected chi connectivity index (χ3v) is 4.47. The molecule has 4 rings (SSSR count). The van der Waals surface area contributed by atoms with Gasteiger partial charge in [-0.15, -0.1) is 0 Å². The van der Waals surface area contributed by atoms with Crippen LogP contribution in [0.5, 0.6) is 5.75 Å². The second-order valence-electron chi connectivity index (χ2n) is 6.41. The first-order valence-corrected chi connectivity index (χ1v) is 8.85. The maximum atomic E-state index is 13.2. The number of rotatable bonds is 4. The van der Waals surface area contributed by atoms with Crippen LogP contribution in [0.4, 0.5) is 0 Å². The molecule has 0 unspecified atom stereocenters. The number of aromatic carboxylic acids is 1. The number of benzene rings is 3. The van der Waals surface area contributed by atoms with Gasteiger partial charge in [-0.1, -0.05) is 30.3 Å². The van der Waals surface area contributed by atoms with Crippen molar-refractivity contribution in [2.24, 2.45) is 0 Å². The van der Waals surface area contributed by atoms with Crippen molar-refractivity contribution in [3.63, 3.8) is 0 Å². The third-order valence-electron chi connectivity index (χ3n) is 4.47. The number of aromatic nitrogens is 2. The molecule has 6 nitrogen and oxygen atoms in total. The van der Waals surface area contributed by atoms with E-state index in [1.807, 2.05) is 12.1 Å². The van der Waals surface area contributed by atoms with Crippen LogP contribution in [0.25, 0.3) is 28.7 Å². The molecule has 0 spiro atoms. The highest BCUT2D eigenvalue weighted by atomic mass is 16.4. The largest absolute Gasteiger partial charge is 0.508 e. The molecule has 0 fully saturated rings.